The lowest BCUT2D eigenvalue weighted by Gasteiger charge is -2.27. The summed E-state index contributed by atoms with van der Waals surface area (Å²) in [6.07, 6.45) is -1.35. The van der Waals surface area contributed by atoms with E-state index in [0.717, 1.165) is 6.07 Å². The fourth-order valence-electron chi connectivity index (χ4n) is 3.20. The average Bonchev–Trinajstić information content (AvgIpc) is 2.97. The monoisotopic (exact) mass is 501 g/mol. The van der Waals surface area contributed by atoms with Gasteiger partial charge in [-0.15, -0.1) is 0 Å². The fraction of sp³-hybridized carbons (Fsp3) is 0.500. The molecule has 1 fully saturated rings. The van der Waals surface area contributed by atoms with Gasteiger partial charge in [-0.25, -0.2) is 9.69 Å². The first-order valence-corrected chi connectivity index (χ1v) is 9.90. The van der Waals surface area contributed by atoms with Gasteiger partial charge in [-0.2, -0.15) is 0 Å². The summed E-state index contributed by atoms with van der Waals surface area (Å²) in [6, 6.07) is 1.63. The van der Waals surface area contributed by atoms with E-state index in [1.807, 2.05) is 0 Å². The highest BCUT2D eigenvalue weighted by molar-refractivity contribution is 9.10. The first-order chi connectivity index (χ1) is 14.3. The summed E-state index contributed by atoms with van der Waals surface area (Å²) in [5.41, 5.74) is -5.03. The molecule has 1 saturated heterocycles. The third-order valence-corrected chi connectivity index (χ3v) is 5.11. The van der Waals surface area contributed by atoms with Crippen LogP contribution in [0.5, 0.6) is 0 Å². The van der Waals surface area contributed by atoms with Crippen LogP contribution in [0, 0.1) is 20.2 Å². The molecule has 1 heterocycles. The maximum atomic E-state index is 13.3. The molecule has 1 aliphatic rings. The van der Waals surface area contributed by atoms with Gasteiger partial charge < -0.3 is 9.47 Å². The quantitative estimate of drug-likeness (QED) is 0.255. The van der Waals surface area contributed by atoms with Gasteiger partial charge in [0.1, 0.15) is 5.60 Å². The Hall–Kier alpha value is -3.09. The number of carbonyl (C=O) groups is 3. The van der Waals surface area contributed by atoms with Gasteiger partial charge in [-0.3, -0.25) is 29.8 Å². The van der Waals surface area contributed by atoms with Crippen LogP contribution < -0.4 is 0 Å². The number of carbonyl (C=O) groups excluding carboxylic acids is 3. The molecule has 0 radical (unpaired) electrons. The largest absolute Gasteiger partial charge is 0.465 e. The third-order valence-electron chi connectivity index (χ3n) is 4.48. The van der Waals surface area contributed by atoms with Crippen LogP contribution in [0.3, 0.4) is 0 Å². The summed E-state index contributed by atoms with van der Waals surface area (Å²) in [6.45, 7) is 5.84. The Morgan fingerprint density at radius 2 is 1.77 bits per heavy atom. The van der Waals surface area contributed by atoms with Gasteiger partial charge in [0.15, 0.2) is 5.41 Å². The number of nitro benzene ring substituents is 2. The maximum absolute atomic E-state index is 13.3. The second-order valence-electron chi connectivity index (χ2n) is 7.65. The van der Waals surface area contributed by atoms with Gasteiger partial charge in [-0.1, -0.05) is 0 Å². The summed E-state index contributed by atoms with van der Waals surface area (Å²) < 4.78 is 10.0. The smallest absolute Gasteiger partial charge is 0.417 e. The second-order valence-corrected chi connectivity index (χ2v) is 8.50. The number of nitrogens with zero attached hydrogens (tertiary/aromatic N) is 3. The summed E-state index contributed by atoms with van der Waals surface area (Å²) in [7, 11) is 0. The van der Waals surface area contributed by atoms with Crippen LogP contribution in [-0.2, 0) is 24.5 Å². The van der Waals surface area contributed by atoms with E-state index in [1.165, 1.54) is 6.92 Å². The molecule has 13 heteroatoms. The molecule has 0 spiro atoms. The van der Waals surface area contributed by atoms with Crippen molar-refractivity contribution in [1.82, 2.24) is 4.90 Å². The molecule has 168 valence electrons. The van der Waals surface area contributed by atoms with E-state index < -0.39 is 55.8 Å². The molecule has 1 aliphatic heterocycles. The lowest BCUT2D eigenvalue weighted by molar-refractivity contribution is -0.395. The number of ether oxygens (including phenoxy) is 2. The minimum Gasteiger partial charge on any atom is -0.465 e. The molecule has 0 unspecified atom stereocenters. The number of rotatable bonds is 5. The normalized spacial score (nSPS) is 18.6. The van der Waals surface area contributed by atoms with Crippen molar-refractivity contribution in [2.24, 2.45) is 0 Å². The zero-order valence-corrected chi connectivity index (χ0v) is 18.8. The molecule has 0 N–H and O–H groups in total. The standard InChI is InChI=1S/C18H20BrN3O9/c1-5-30-15(24)18(6-7-20(14(18)23)16(25)31-17(2,3)4)10-8-11(19)13(22(28)29)9-12(10)21(26)27/h8-9H,5-7H2,1-4H3/t18-/m0/s1. The van der Waals surface area contributed by atoms with Crippen molar-refractivity contribution >= 4 is 45.3 Å². The minimum absolute atomic E-state index is 0.137. The van der Waals surface area contributed by atoms with E-state index in [0.29, 0.717) is 11.0 Å². The fourth-order valence-corrected chi connectivity index (χ4v) is 3.68. The highest BCUT2D eigenvalue weighted by Gasteiger charge is 2.60. The molecule has 1 aromatic rings. The number of imide groups is 1. The molecule has 0 saturated carbocycles. The van der Waals surface area contributed by atoms with Crippen LogP contribution >= 0.6 is 15.9 Å². The Bertz CT molecular complexity index is 973. The van der Waals surface area contributed by atoms with Crippen molar-refractivity contribution in [3.8, 4) is 0 Å². The Morgan fingerprint density at radius 3 is 2.26 bits per heavy atom. The number of hydrogen-bond acceptors (Lipinski definition) is 9. The molecule has 31 heavy (non-hydrogen) atoms. The van der Waals surface area contributed by atoms with Gasteiger partial charge in [0.25, 0.3) is 17.3 Å². The number of nitro groups is 2. The van der Waals surface area contributed by atoms with Gasteiger partial charge in [0, 0.05) is 6.54 Å². The van der Waals surface area contributed by atoms with Gasteiger partial charge in [0.05, 0.1) is 32.6 Å². The predicted molar refractivity (Wildman–Crippen MR) is 108 cm³/mol. The number of hydrogen-bond donors (Lipinski definition) is 0. The molecule has 12 nitrogen and oxygen atoms in total. The highest BCUT2D eigenvalue weighted by atomic mass is 79.9. The molecule has 1 aromatic carbocycles. The maximum Gasteiger partial charge on any atom is 0.417 e. The van der Waals surface area contributed by atoms with E-state index in [1.54, 1.807) is 20.8 Å². The van der Waals surface area contributed by atoms with Crippen molar-refractivity contribution in [1.29, 1.82) is 0 Å². The Labute approximate surface area is 184 Å². The Morgan fingerprint density at radius 1 is 1.19 bits per heavy atom. The lowest BCUT2D eigenvalue weighted by atomic mass is 9.78. The summed E-state index contributed by atoms with van der Waals surface area (Å²) in [4.78, 5) is 60.6. The third kappa shape index (κ3) is 4.50. The predicted octanol–water partition coefficient (Wildman–Crippen LogP) is 3.23. The second kappa shape index (κ2) is 8.57. The molecule has 0 aromatic heterocycles. The van der Waals surface area contributed by atoms with Crippen LogP contribution in [-0.4, -0.2) is 51.5 Å². The summed E-state index contributed by atoms with van der Waals surface area (Å²) in [5.74, 6) is -2.17. The minimum atomic E-state index is -2.24. The molecule has 0 aliphatic carbocycles. The van der Waals surface area contributed by atoms with E-state index in [2.05, 4.69) is 15.9 Å². The zero-order chi connectivity index (χ0) is 23.7. The number of likely N-dealkylation sites (tertiary alicyclic amines) is 1. The topological polar surface area (TPSA) is 159 Å². The van der Waals surface area contributed by atoms with Crippen molar-refractivity contribution in [2.75, 3.05) is 13.2 Å². The van der Waals surface area contributed by atoms with Gasteiger partial charge >= 0.3 is 12.1 Å². The molecule has 2 rings (SSSR count). The van der Waals surface area contributed by atoms with E-state index >= 15 is 0 Å². The average molecular weight is 502 g/mol. The van der Waals surface area contributed by atoms with E-state index in [-0.39, 0.29) is 24.0 Å². The Kier molecular flexibility index (Phi) is 6.69. The highest BCUT2D eigenvalue weighted by Crippen LogP contribution is 2.45. The summed E-state index contributed by atoms with van der Waals surface area (Å²) >= 11 is 2.96. The number of benzene rings is 1. The van der Waals surface area contributed by atoms with Crippen LogP contribution in [0.15, 0.2) is 16.6 Å². The number of esters is 1. The Balaban J connectivity index is 2.72. The van der Waals surface area contributed by atoms with E-state index in [9.17, 15) is 34.6 Å². The van der Waals surface area contributed by atoms with Crippen molar-refractivity contribution < 1.29 is 33.7 Å². The van der Waals surface area contributed by atoms with Crippen LogP contribution in [0.4, 0.5) is 16.2 Å². The van der Waals surface area contributed by atoms with E-state index in [4.69, 9.17) is 9.47 Å². The number of amides is 2. The van der Waals surface area contributed by atoms with Crippen molar-refractivity contribution in [3.05, 3.63) is 42.4 Å². The molecule has 0 bridgehead atoms. The van der Waals surface area contributed by atoms with Gasteiger partial charge in [0.2, 0.25) is 0 Å². The summed E-state index contributed by atoms with van der Waals surface area (Å²) in [5, 5.41) is 22.9. The number of halogens is 1. The van der Waals surface area contributed by atoms with Crippen LogP contribution in [0.25, 0.3) is 0 Å². The molecular weight excluding hydrogens is 482 g/mol. The first kappa shape index (κ1) is 24.2. The van der Waals surface area contributed by atoms with Gasteiger partial charge in [-0.05, 0) is 56.1 Å². The van der Waals surface area contributed by atoms with Crippen LogP contribution in [0.2, 0.25) is 0 Å². The zero-order valence-electron chi connectivity index (χ0n) is 17.2. The lowest BCUT2D eigenvalue weighted by Crippen LogP contribution is -2.48. The molecule has 2 amide bonds. The first-order valence-electron chi connectivity index (χ1n) is 9.11. The molecular formula is C18H20BrN3O9. The molecule has 1 atom stereocenters. The van der Waals surface area contributed by atoms with Crippen LogP contribution in [0.1, 0.15) is 39.7 Å². The van der Waals surface area contributed by atoms with Crippen molar-refractivity contribution in [3.63, 3.8) is 0 Å². The SMILES string of the molecule is CCOC(=O)[C@]1(c2cc(Br)c([N+](=O)[O-])cc2[N+](=O)[O-])CCN(C(=O)OC(C)(C)C)C1=O. The van der Waals surface area contributed by atoms with Crippen molar-refractivity contribution in [2.45, 2.75) is 45.1 Å².